The van der Waals surface area contributed by atoms with Crippen LogP contribution in [0.3, 0.4) is 0 Å². The van der Waals surface area contributed by atoms with Crippen LogP contribution in [0.25, 0.3) is 11.0 Å². The quantitative estimate of drug-likeness (QED) is 0.465. The highest BCUT2D eigenvalue weighted by Crippen LogP contribution is 2.48. The lowest BCUT2D eigenvalue weighted by atomic mass is 9.86. The fraction of sp³-hybridized carbons (Fsp3) is 0.519. The summed E-state index contributed by atoms with van der Waals surface area (Å²) in [6, 6.07) is 5.83. The minimum absolute atomic E-state index is 0.0377. The Labute approximate surface area is 213 Å². The number of fused-ring (bicyclic) bond motifs is 2. The average Bonchev–Trinajstić information content (AvgIpc) is 3.24. The van der Waals surface area contributed by atoms with Gasteiger partial charge >= 0.3 is 0 Å². The first-order valence-corrected chi connectivity index (χ1v) is 14.4. The fourth-order valence-corrected chi connectivity index (χ4v) is 8.75. The van der Waals surface area contributed by atoms with Crippen molar-refractivity contribution in [1.29, 1.82) is 0 Å². The number of hydrogen-bond donors (Lipinski definition) is 0. The Morgan fingerprint density at radius 3 is 2.59 bits per heavy atom. The monoisotopic (exact) mass is 533 g/mol. The van der Waals surface area contributed by atoms with E-state index in [9.17, 15) is 26.4 Å². The van der Waals surface area contributed by atoms with Crippen LogP contribution in [0, 0.1) is 23.6 Å². The molecule has 1 aliphatic carbocycles. The van der Waals surface area contributed by atoms with E-state index in [1.54, 1.807) is 14.0 Å². The summed E-state index contributed by atoms with van der Waals surface area (Å²) in [5.74, 6) is -0.721. The molecule has 198 valence electrons. The smallest absolute Gasteiger partial charge is 0.266 e. The van der Waals surface area contributed by atoms with Gasteiger partial charge in [0.05, 0.1) is 22.8 Å². The number of benzene rings is 1. The van der Waals surface area contributed by atoms with Crippen LogP contribution in [0.1, 0.15) is 67.3 Å². The van der Waals surface area contributed by atoms with E-state index in [2.05, 4.69) is 9.97 Å². The highest BCUT2D eigenvalue weighted by atomic mass is 32.2. The van der Waals surface area contributed by atoms with Crippen LogP contribution in [-0.4, -0.2) is 34.5 Å². The number of pyridine rings is 1. The van der Waals surface area contributed by atoms with Gasteiger partial charge in [0.25, 0.3) is 12.0 Å². The Bertz CT molecular complexity index is 1520. The highest BCUT2D eigenvalue weighted by Gasteiger charge is 2.45. The normalized spacial score (nSPS) is 25.9. The number of hydrogen-bond acceptors (Lipinski definition) is 5. The molecule has 2 aromatic heterocycles. The molecule has 0 bridgehead atoms. The van der Waals surface area contributed by atoms with E-state index in [1.165, 1.54) is 23.0 Å². The maximum Gasteiger partial charge on any atom is 0.266 e. The summed E-state index contributed by atoms with van der Waals surface area (Å²) < 4.78 is 67.4. The van der Waals surface area contributed by atoms with E-state index in [0.717, 1.165) is 12.5 Å². The molecule has 10 heteroatoms. The van der Waals surface area contributed by atoms with E-state index in [1.807, 2.05) is 13.0 Å². The lowest BCUT2D eigenvalue weighted by Crippen LogP contribution is -2.35. The Balaban J connectivity index is 1.52. The second-order valence-electron chi connectivity index (χ2n) is 10.8. The number of aromatic nitrogens is 3. The van der Waals surface area contributed by atoms with Gasteiger partial charge in [-0.25, -0.2) is 31.6 Å². The molecule has 0 spiro atoms. The summed E-state index contributed by atoms with van der Waals surface area (Å²) in [4.78, 5) is 22.1. The molecule has 1 saturated heterocycles. The van der Waals surface area contributed by atoms with Crippen molar-refractivity contribution in [3.05, 3.63) is 69.1 Å². The molecular weight excluding hydrogens is 503 g/mol. The number of halogens is 3. The van der Waals surface area contributed by atoms with Crippen molar-refractivity contribution in [3.8, 4) is 0 Å². The lowest BCUT2D eigenvalue weighted by molar-refractivity contribution is 0.146. The van der Waals surface area contributed by atoms with Crippen molar-refractivity contribution in [1.82, 2.24) is 14.5 Å². The maximum absolute atomic E-state index is 14.8. The minimum atomic E-state index is -3.08. The van der Waals surface area contributed by atoms with Gasteiger partial charge in [0.15, 0.2) is 9.84 Å². The highest BCUT2D eigenvalue weighted by molar-refractivity contribution is 7.91. The summed E-state index contributed by atoms with van der Waals surface area (Å²) in [6.45, 7) is 3.73. The molecule has 2 aliphatic rings. The van der Waals surface area contributed by atoms with E-state index >= 15 is 0 Å². The predicted molar refractivity (Wildman–Crippen MR) is 135 cm³/mol. The molecule has 1 aromatic carbocycles. The standard InChI is InChI=1S/C27H30F3N3O3S/c1-14(18-5-4-6-19(24(18)28)25(29)30)7-23-22-10-21(27(34)33(3)26(22)32-13-31-23)16-8-17-12-37(35,36)11-15(2)20(17)9-16/h4-6,10,13-17,20,25H,7-9,11-12H2,1-3H3/t14-,15+,16+,17+,20-/m0/s1. The summed E-state index contributed by atoms with van der Waals surface area (Å²) >= 11 is 0. The second kappa shape index (κ2) is 9.53. The molecular formula is C27H30F3N3O3S. The number of sulfone groups is 1. The molecule has 3 aromatic rings. The zero-order valence-electron chi connectivity index (χ0n) is 21.0. The average molecular weight is 534 g/mol. The molecule has 1 saturated carbocycles. The van der Waals surface area contributed by atoms with Crippen LogP contribution in [0.5, 0.6) is 0 Å². The summed E-state index contributed by atoms with van der Waals surface area (Å²) in [6.07, 6.45) is 0.113. The molecule has 37 heavy (non-hydrogen) atoms. The van der Waals surface area contributed by atoms with Crippen molar-refractivity contribution < 1.29 is 21.6 Å². The third-order valence-electron chi connectivity index (χ3n) is 8.34. The second-order valence-corrected chi connectivity index (χ2v) is 13.0. The van der Waals surface area contributed by atoms with E-state index in [4.69, 9.17) is 0 Å². The fourth-order valence-electron chi connectivity index (χ4n) is 6.53. The Morgan fingerprint density at radius 2 is 1.86 bits per heavy atom. The van der Waals surface area contributed by atoms with E-state index in [0.29, 0.717) is 28.7 Å². The van der Waals surface area contributed by atoms with Crippen LogP contribution in [0.2, 0.25) is 0 Å². The van der Waals surface area contributed by atoms with Crippen molar-refractivity contribution >= 4 is 20.9 Å². The molecule has 2 fully saturated rings. The summed E-state index contributed by atoms with van der Waals surface area (Å²) in [7, 11) is -1.44. The number of nitrogens with zero attached hydrogens (tertiary/aromatic N) is 3. The van der Waals surface area contributed by atoms with Crippen LogP contribution < -0.4 is 5.56 Å². The molecule has 0 unspecified atom stereocenters. The first kappa shape index (κ1) is 25.9. The molecule has 0 N–H and O–H groups in total. The maximum atomic E-state index is 14.8. The van der Waals surface area contributed by atoms with Gasteiger partial charge in [-0.05, 0) is 60.5 Å². The zero-order chi connectivity index (χ0) is 26.6. The third kappa shape index (κ3) is 4.69. The van der Waals surface area contributed by atoms with Crippen LogP contribution in [0.15, 0.2) is 35.4 Å². The molecule has 5 rings (SSSR count). The topological polar surface area (TPSA) is 81.9 Å². The molecule has 0 amide bonds. The molecule has 1 aliphatic heterocycles. The van der Waals surface area contributed by atoms with Gasteiger partial charge < -0.3 is 0 Å². The van der Waals surface area contributed by atoms with Crippen molar-refractivity contribution in [2.45, 2.75) is 51.4 Å². The summed E-state index contributed by atoms with van der Waals surface area (Å²) in [5, 5.41) is 0.660. The van der Waals surface area contributed by atoms with Gasteiger partial charge in [-0.1, -0.05) is 32.0 Å². The first-order valence-electron chi connectivity index (χ1n) is 12.6. The Morgan fingerprint density at radius 1 is 1.14 bits per heavy atom. The Hall–Kier alpha value is -2.75. The molecule has 3 heterocycles. The molecule has 5 atom stereocenters. The predicted octanol–water partition coefficient (Wildman–Crippen LogP) is 4.93. The lowest BCUT2D eigenvalue weighted by Gasteiger charge is -2.30. The van der Waals surface area contributed by atoms with Gasteiger partial charge in [-0.2, -0.15) is 0 Å². The van der Waals surface area contributed by atoms with Crippen LogP contribution >= 0.6 is 0 Å². The molecule has 0 radical (unpaired) electrons. The van der Waals surface area contributed by atoms with Crippen LogP contribution in [-0.2, 0) is 23.3 Å². The van der Waals surface area contributed by atoms with Gasteiger partial charge in [-0.15, -0.1) is 0 Å². The minimum Gasteiger partial charge on any atom is -0.295 e. The van der Waals surface area contributed by atoms with Gasteiger partial charge in [0.1, 0.15) is 17.8 Å². The number of rotatable bonds is 5. The van der Waals surface area contributed by atoms with Crippen molar-refractivity contribution in [2.24, 2.45) is 24.8 Å². The van der Waals surface area contributed by atoms with E-state index < -0.39 is 33.6 Å². The zero-order valence-corrected chi connectivity index (χ0v) is 21.8. The number of alkyl halides is 2. The van der Waals surface area contributed by atoms with Gasteiger partial charge in [-0.3, -0.25) is 9.36 Å². The number of aryl methyl sites for hydroxylation is 1. The van der Waals surface area contributed by atoms with Gasteiger partial charge in [0, 0.05) is 18.0 Å². The van der Waals surface area contributed by atoms with Crippen LogP contribution in [0.4, 0.5) is 13.2 Å². The Kier molecular flexibility index (Phi) is 6.66. The van der Waals surface area contributed by atoms with Crippen molar-refractivity contribution in [3.63, 3.8) is 0 Å². The molecule has 6 nitrogen and oxygen atoms in total. The third-order valence-corrected chi connectivity index (χ3v) is 10.3. The largest absolute Gasteiger partial charge is 0.295 e. The van der Waals surface area contributed by atoms with E-state index in [-0.39, 0.29) is 52.7 Å². The first-order chi connectivity index (χ1) is 17.5. The SMILES string of the molecule is C[C@@H]1CS(=O)(=O)C[C@H]2C[C@@H](c3cc4c(C[C@H](C)c5cccc(C(F)F)c5F)ncnc4n(C)c3=O)C[C@H]21. The van der Waals surface area contributed by atoms with Crippen molar-refractivity contribution in [2.75, 3.05) is 11.5 Å². The van der Waals surface area contributed by atoms with Gasteiger partial charge in [0.2, 0.25) is 0 Å². The summed E-state index contributed by atoms with van der Waals surface area (Å²) in [5.41, 5.74) is 1.05.